The van der Waals surface area contributed by atoms with Crippen LogP contribution in [0.2, 0.25) is 0 Å². The Morgan fingerprint density at radius 3 is 2.57 bits per heavy atom. The molecule has 0 saturated carbocycles. The van der Waals surface area contributed by atoms with Crippen molar-refractivity contribution in [2.24, 2.45) is 0 Å². The highest BCUT2D eigenvalue weighted by Crippen LogP contribution is 2.46. The van der Waals surface area contributed by atoms with Crippen LogP contribution in [0.5, 0.6) is 5.75 Å². The summed E-state index contributed by atoms with van der Waals surface area (Å²) in [6.45, 7) is 1.32. The van der Waals surface area contributed by atoms with E-state index < -0.39 is 40.7 Å². The number of carboxylic acids is 1. The largest absolute Gasteiger partial charge is 0.484 e. The van der Waals surface area contributed by atoms with E-state index in [1.807, 2.05) is 0 Å². The fraction of sp³-hybridized carbons (Fsp3) is 0.333. The molecule has 0 aromatic heterocycles. The van der Waals surface area contributed by atoms with Crippen LogP contribution in [0, 0.1) is 0 Å². The molecule has 0 bridgehead atoms. The maximum Gasteiger partial charge on any atom is 0.347 e. The van der Waals surface area contributed by atoms with Crippen LogP contribution in [-0.2, 0) is 23.9 Å². The van der Waals surface area contributed by atoms with E-state index in [9.17, 15) is 24.3 Å². The van der Waals surface area contributed by atoms with Crippen LogP contribution < -0.4 is 10.1 Å². The smallest absolute Gasteiger partial charge is 0.347 e. The maximum absolute atomic E-state index is 12.6. The Balaban J connectivity index is 1.73. The van der Waals surface area contributed by atoms with Crippen LogP contribution >= 0.6 is 11.8 Å². The molecule has 2 N–H and O–H groups in total. The van der Waals surface area contributed by atoms with Gasteiger partial charge in [-0.3, -0.25) is 14.5 Å². The molecule has 1 fully saturated rings. The Morgan fingerprint density at radius 1 is 1.29 bits per heavy atom. The highest BCUT2D eigenvalue weighted by Gasteiger charge is 2.66. The number of hydrogen-bond acceptors (Lipinski definition) is 7. The molecule has 148 valence electrons. The van der Waals surface area contributed by atoms with Gasteiger partial charge < -0.3 is 19.9 Å². The minimum Gasteiger partial charge on any atom is -0.484 e. The third kappa shape index (κ3) is 3.19. The number of allylic oxidation sites excluding steroid dienone is 1. The number of methoxy groups -OCH3 is 1. The highest BCUT2D eigenvalue weighted by molar-refractivity contribution is 8.03. The van der Waals surface area contributed by atoms with Crippen molar-refractivity contribution in [3.63, 3.8) is 0 Å². The van der Waals surface area contributed by atoms with Crippen molar-refractivity contribution in [1.82, 2.24) is 10.2 Å². The molecule has 3 rings (SSSR count). The van der Waals surface area contributed by atoms with Gasteiger partial charge in [-0.15, -0.1) is 11.8 Å². The standard InChI is InChI=1S/C18H18N2O7S/c1-10-8-18(16(23)24,17(25)26-2)20-14(22)13(15(20)28-10)19-12(21)9-27-11-6-4-3-5-7-11/h3-8,13,15H,9H2,1-2H3,(H,19,21)(H,23,24)/t13-,15-,18?/m1/s1. The molecule has 1 aromatic carbocycles. The molecular weight excluding hydrogens is 388 g/mol. The average molecular weight is 406 g/mol. The number of para-hydroxylation sites is 1. The number of carbonyl (C=O) groups excluding carboxylic acids is 3. The van der Waals surface area contributed by atoms with Crippen LogP contribution in [0.25, 0.3) is 0 Å². The number of nitrogens with one attached hydrogen (secondary N) is 1. The summed E-state index contributed by atoms with van der Waals surface area (Å²) >= 11 is 1.19. The van der Waals surface area contributed by atoms with Crippen LogP contribution in [0.3, 0.4) is 0 Å². The summed E-state index contributed by atoms with van der Waals surface area (Å²) in [5, 5.41) is 11.5. The normalized spacial score (nSPS) is 25.7. The molecule has 28 heavy (non-hydrogen) atoms. The zero-order valence-corrected chi connectivity index (χ0v) is 15.9. The van der Waals surface area contributed by atoms with Crippen molar-refractivity contribution in [1.29, 1.82) is 0 Å². The molecular formula is C18H18N2O7S. The summed E-state index contributed by atoms with van der Waals surface area (Å²) in [7, 11) is 1.05. The maximum atomic E-state index is 12.6. The van der Waals surface area contributed by atoms with Crippen LogP contribution in [0.1, 0.15) is 6.92 Å². The summed E-state index contributed by atoms with van der Waals surface area (Å²) in [4.78, 5) is 50.4. The fourth-order valence-corrected chi connectivity index (χ4v) is 4.44. The molecule has 10 heteroatoms. The second-order valence-electron chi connectivity index (χ2n) is 6.18. The molecule has 0 spiro atoms. The zero-order chi connectivity index (χ0) is 20.5. The topological polar surface area (TPSA) is 122 Å². The van der Waals surface area contributed by atoms with Crippen molar-refractivity contribution in [2.75, 3.05) is 13.7 Å². The second-order valence-corrected chi connectivity index (χ2v) is 7.54. The molecule has 1 aromatic rings. The number of amides is 2. The predicted octanol–water partition coefficient (Wildman–Crippen LogP) is 0.365. The summed E-state index contributed by atoms with van der Waals surface area (Å²) < 4.78 is 9.97. The molecule has 2 amide bonds. The number of ether oxygens (including phenoxy) is 2. The number of rotatable bonds is 6. The first-order valence-electron chi connectivity index (χ1n) is 8.29. The van der Waals surface area contributed by atoms with Crippen molar-refractivity contribution in [3.05, 3.63) is 41.3 Å². The van der Waals surface area contributed by atoms with Gasteiger partial charge in [0.15, 0.2) is 6.61 Å². The van der Waals surface area contributed by atoms with Crippen molar-refractivity contribution in [2.45, 2.75) is 23.9 Å². The van der Waals surface area contributed by atoms with E-state index in [0.717, 1.165) is 12.0 Å². The van der Waals surface area contributed by atoms with E-state index in [4.69, 9.17) is 4.74 Å². The number of thioether (sulfide) groups is 1. The number of hydrogen-bond donors (Lipinski definition) is 2. The number of esters is 1. The molecule has 3 atom stereocenters. The third-order valence-corrected chi connectivity index (χ3v) is 5.61. The quantitative estimate of drug-likeness (QED) is 0.395. The molecule has 0 radical (unpaired) electrons. The lowest BCUT2D eigenvalue weighted by molar-refractivity contribution is -0.180. The molecule has 2 aliphatic heterocycles. The van der Waals surface area contributed by atoms with Gasteiger partial charge in [0, 0.05) is 0 Å². The Morgan fingerprint density at radius 2 is 1.96 bits per heavy atom. The number of nitrogens with zero attached hydrogens (tertiary/aromatic N) is 1. The second kappa shape index (κ2) is 7.55. The van der Waals surface area contributed by atoms with Gasteiger partial charge >= 0.3 is 11.9 Å². The summed E-state index contributed by atoms with van der Waals surface area (Å²) in [6, 6.07) is 7.72. The Bertz CT molecular complexity index is 857. The molecule has 1 unspecified atom stereocenters. The van der Waals surface area contributed by atoms with Crippen LogP contribution in [0.15, 0.2) is 41.3 Å². The molecule has 1 saturated heterocycles. The molecule has 0 aliphatic carbocycles. The molecule has 2 aliphatic rings. The van der Waals surface area contributed by atoms with E-state index in [1.165, 1.54) is 17.8 Å². The number of carbonyl (C=O) groups is 4. The van der Waals surface area contributed by atoms with Crippen molar-refractivity contribution in [3.8, 4) is 5.75 Å². The minimum absolute atomic E-state index is 0.304. The van der Waals surface area contributed by atoms with E-state index in [1.54, 1.807) is 37.3 Å². The number of β-lactam (4-membered cyclic amide) rings is 1. The highest BCUT2D eigenvalue weighted by atomic mass is 32.2. The summed E-state index contributed by atoms with van der Waals surface area (Å²) in [6.07, 6.45) is 1.19. The van der Waals surface area contributed by atoms with Crippen LogP contribution in [0.4, 0.5) is 0 Å². The van der Waals surface area contributed by atoms with Crippen molar-refractivity contribution >= 4 is 35.5 Å². The lowest BCUT2D eigenvalue weighted by Gasteiger charge is -2.54. The summed E-state index contributed by atoms with van der Waals surface area (Å²) in [5.41, 5.74) is -2.24. The first-order valence-corrected chi connectivity index (χ1v) is 9.17. The predicted molar refractivity (Wildman–Crippen MR) is 98.2 cm³/mol. The van der Waals surface area contributed by atoms with E-state index in [-0.39, 0.29) is 6.61 Å². The number of fused-ring (bicyclic) bond motifs is 1. The van der Waals surface area contributed by atoms with Gasteiger partial charge in [-0.2, -0.15) is 0 Å². The first-order chi connectivity index (χ1) is 13.3. The fourth-order valence-electron chi connectivity index (χ4n) is 3.13. The lowest BCUT2D eigenvalue weighted by atomic mass is 9.89. The van der Waals surface area contributed by atoms with Crippen LogP contribution in [-0.4, -0.2) is 64.4 Å². The first kappa shape index (κ1) is 19.7. The van der Waals surface area contributed by atoms with Gasteiger partial charge in [0.1, 0.15) is 17.2 Å². The molecule has 2 heterocycles. The molecule has 9 nitrogen and oxygen atoms in total. The Kier molecular flexibility index (Phi) is 5.32. The zero-order valence-electron chi connectivity index (χ0n) is 15.1. The van der Waals surface area contributed by atoms with Gasteiger partial charge in [0.25, 0.3) is 17.4 Å². The summed E-state index contributed by atoms with van der Waals surface area (Å²) in [5.74, 6) is -3.30. The van der Waals surface area contributed by atoms with E-state index in [0.29, 0.717) is 10.7 Å². The van der Waals surface area contributed by atoms with Gasteiger partial charge in [0.05, 0.1) is 7.11 Å². The Labute approximate surface area is 164 Å². The van der Waals surface area contributed by atoms with Gasteiger partial charge in [-0.1, -0.05) is 18.2 Å². The van der Waals surface area contributed by atoms with Gasteiger partial charge in [0.2, 0.25) is 0 Å². The van der Waals surface area contributed by atoms with Crippen molar-refractivity contribution < 1.29 is 33.8 Å². The lowest BCUT2D eigenvalue weighted by Crippen LogP contribution is -2.79. The van der Waals surface area contributed by atoms with E-state index >= 15 is 0 Å². The Hall–Kier alpha value is -3.01. The SMILES string of the molecule is COC(=O)C1(C(=O)O)C=C(C)S[C@@H]2[C@H](NC(=O)COc3ccccc3)C(=O)N21. The van der Waals surface area contributed by atoms with Gasteiger partial charge in [-0.25, -0.2) is 9.59 Å². The minimum atomic E-state index is -2.24. The number of aliphatic carboxylic acids is 1. The third-order valence-electron chi connectivity index (χ3n) is 4.39. The van der Waals surface area contributed by atoms with Gasteiger partial charge in [-0.05, 0) is 30.0 Å². The number of benzene rings is 1. The number of carboxylic acid groups (broad SMARTS) is 1. The monoisotopic (exact) mass is 406 g/mol. The average Bonchev–Trinajstić information content (AvgIpc) is 2.69. The van der Waals surface area contributed by atoms with E-state index in [2.05, 4.69) is 10.1 Å².